The summed E-state index contributed by atoms with van der Waals surface area (Å²) in [5.41, 5.74) is 11.7. The number of piperidine rings is 1. The molecular weight excluding hydrogens is 414 g/mol. The van der Waals surface area contributed by atoms with E-state index in [9.17, 15) is 10.2 Å². The minimum atomic E-state index is -0.220. The Labute approximate surface area is 195 Å². The molecule has 2 aliphatic heterocycles. The average molecular weight is 450 g/mol. The Bertz CT molecular complexity index is 1120. The molecule has 0 amide bonds. The summed E-state index contributed by atoms with van der Waals surface area (Å²) in [7, 11) is 0. The predicted octanol–water partition coefficient (Wildman–Crippen LogP) is 4.17. The van der Waals surface area contributed by atoms with Gasteiger partial charge in [-0.3, -0.25) is 0 Å². The third-order valence-electron chi connectivity index (χ3n) is 7.69. The normalized spacial score (nSPS) is 22.0. The van der Waals surface area contributed by atoms with E-state index in [1.165, 1.54) is 28.2 Å². The highest BCUT2D eigenvalue weighted by Crippen LogP contribution is 2.42. The van der Waals surface area contributed by atoms with Crippen molar-refractivity contribution >= 4 is 10.9 Å². The van der Waals surface area contributed by atoms with E-state index < -0.39 is 0 Å². The lowest BCUT2D eigenvalue weighted by Crippen LogP contribution is -2.42. The van der Waals surface area contributed by atoms with Crippen LogP contribution < -0.4 is 5.73 Å². The lowest BCUT2D eigenvalue weighted by Gasteiger charge is -2.40. The van der Waals surface area contributed by atoms with Gasteiger partial charge in [0.1, 0.15) is 0 Å². The van der Waals surface area contributed by atoms with Crippen LogP contribution in [0.5, 0.6) is 11.5 Å². The van der Waals surface area contributed by atoms with Crippen molar-refractivity contribution < 1.29 is 14.9 Å². The number of nitrogens with two attached hydrogens (primary N) is 1. The van der Waals surface area contributed by atoms with E-state index in [-0.39, 0.29) is 23.7 Å². The fourth-order valence-electron chi connectivity index (χ4n) is 5.83. The monoisotopic (exact) mass is 449 g/mol. The second kappa shape index (κ2) is 9.37. The molecule has 0 spiro atoms. The van der Waals surface area contributed by atoms with Gasteiger partial charge < -0.3 is 30.6 Å². The molecule has 1 aromatic heterocycles. The zero-order valence-corrected chi connectivity index (χ0v) is 19.4. The molecule has 2 atom stereocenters. The van der Waals surface area contributed by atoms with Gasteiger partial charge in [-0.25, -0.2) is 0 Å². The number of fused-ring (bicyclic) bond motifs is 2. The highest BCUT2D eigenvalue weighted by atomic mass is 16.5. The number of benzene rings is 2. The summed E-state index contributed by atoms with van der Waals surface area (Å²) >= 11 is 0. The molecular formula is C27H35N3O3. The maximum atomic E-state index is 10.4. The van der Waals surface area contributed by atoms with E-state index in [1.807, 2.05) is 6.07 Å². The van der Waals surface area contributed by atoms with Crippen LogP contribution in [0.3, 0.4) is 0 Å². The van der Waals surface area contributed by atoms with Crippen molar-refractivity contribution in [2.75, 3.05) is 26.2 Å². The lowest BCUT2D eigenvalue weighted by atomic mass is 9.83. The van der Waals surface area contributed by atoms with Gasteiger partial charge in [0.25, 0.3) is 0 Å². The number of H-pyrrole nitrogens is 1. The van der Waals surface area contributed by atoms with E-state index in [0.717, 1.165) is 56.4 Å². The van der Waals surface area contributed by atoms with Gasteiger partial charge in [-0.15, -0.1) is 0 Å². The number of aromatic amines is 1. The Morgan fingerprint density at radius 1 is 1.12 bits per heavy atom. The number of aromatic nitrogens is 1. The molecule has 6 nitrogen and oxygen atoms in total. The molecule has 0 aliphatic carbocycles. The standard InChI is InChI=1S/C27H35N3O3/c1-17-19(20-5-2-3-7-23(20)29-17)6-4-12-30-13-10-18(11-14-30)25-15-22-21(26(16-28)33-25)8-9-24(31)27(22)32/h2-3,5,7-9,18,25-26,29,31-32H,4,6,10-16,28H2,1H3. The van der Waals surface area contributed by atoms with Gasteiger partial charge in [0.2, 0.25) is 0 Å². The number of rotatable bonds is 6. The van der Waals surface area contributed by atoms with Gasteiger partial charge >= 0.3 is 0 Å². The number of hydrogen-bond acceptors (Lipinski definition) is 5. The van der Waals surface area contributed by atoms with Crippen molar-refractivity contribution in [1.29, 1.82) is 0 Å². The predicted molar refractivity (Wildman–Crippen MR) is 131 cm³/mol. The van der Waals surface area contributed by atoms with Crippen molar-refractivity contribution in [3.8, 4) is 11.5 Å². The topological polar surface area (TPSA) is 94.7 Å². The van der Waals surface area contributed by atoms with Gasteiger partial charge in [0, 0.05) is 35.1 Å². The summed E-state index contributed by atoms with van der Waals surface area (Å²) in [4.78, 5) is 6.08. The van der Waals surface area contributed by atoms with Crippen LogP contribution in [0.2, 0.25) is 0 Å². The number of phenolic OH excluding ortho intramolecular Hbond substituents is 2. The van der Waals surface area contributed by atoms with E-state index in [1.54, 1.807) is 0 Å². The van der Waals surface area contributed by atoms with Gasteiger partial charge in [0.05, 0.1) is 12.2 Å². The van der Waals surface area contributed by atoms with Gasteiger partial charge in [-0.05, 0) is 81.4 Å². The highest BCUT2D eigenvalue weighted by molar-refractivity contribution is 5.84. The van der Waals surface area contributed by atoms with Crippen LogP contribution in [-0.2, 0) is 17.6 Å². The number of aromatic hydroxyl groups is 2. The van der Waals surface area contributed by atoms with Crippen molar-refractivity contribution in [2.24, 2.45) is 11.7 Å². The third-order valence-corrected chi connectivity index (χ3v) is 7.69. The minimum Gasteiger partial charge on any atom is -0.504 e. The molecule has 3 heterocycles. The van der Waals surface area contributed by atoms with E-state index in [0.29, 0.717) is 18.9 Å². The molecule has 0 radical (unpaired) electrons. The van der Waals surface area contributed by atoms with Crippen LogP contribution in [0, 0.1) is 12.8 Å². The molecule has 3 aromatic rings. The molecule has 1 saturated heterocycles. The second-order valence-corrected chi connectivity index (χ2v) is 9.66. The smallest absolute Gasteiger partial charge is 0.161 e. The molecule has 2 unspecified atom stereocenters. The van der Waals surface area contributed by atoms with Crippen LogP contribution in [0.25, 0.3) is 10.9 Å². The summed E-state index contributed by atoms with van der Waals surface area (Å²) in [5, 5.41) is 21.7. The summed E-state index contributed by atoms with van der Waals surface area (Å²) in [6, 6.07) is 11.9. The molecule has 0 bridgehead atoms. The summed E-state index contributed by atoms with van der Waals surface area (Å²) in [5.74, 6) is 0.371. The number of hydrogen-bond donors (Lipinski definition) is 4. The molecule has 33 heavy (non-hydrogen) atoms. The molecule has 2 aliphatic rings. The largest absolute Gasteiger partial charge is 0.504 e. The van der Waals surface area contributed by atoms with Crippen molar-refractivity contribution in [2.45, 2.75) is 51.2 Å². The van der Waals surface area contributed by atoms with Crippen molar-refractivity contribution in [3.63, 3.8) is 0 Å². The zero-order chi connectivity index (χ0) is 22.9. The van der Waals surface area contributed by atoms with E-state index >= 15 is 0 Å². The maximum Gasteiger partial charge on any atom is 0.161 e. The van der Waals surface area contributed by atoms with Gasteiger partial charge in [-0.1, -0.05) is 24.3 Å². The third kappa shape index (κ3) is 4.35. The molecule has 5 N–H and O–H groups in total. The van der Waals surface area contributed by atoms with E-state index in [2.05, 4.69) is 41.1 Å². The Morgan fingerprint density at radius 3 is 2.70 bits per heavy atom. The lowest BCUT2D eigenvalue weighted by molar-refractivity contribution is -0.0647. The number of phenols is 2. The Morgan fingerprint density at radius 2 is 1.91 bits per heavy atom. The van der Waals surface area contributed by atoms with Crippen LogP contribution >= 0.6 is 0 Å². The summed E-state index contributed by atoms with van der Waals surface area (Å²) < 4.78 is 6.38. The molecule has 1 fully saturated rings. The highest BCUT2D eigenvalue weighted by Gasteiger charge is 2.35. The fraction of sp³-hybridized carbons (Fsp3) is 0.481. The van der Waals surface area contributed by atoms with Gasteiger partial charge in [-0.2, -0.15) is 0 Å². The first kappa shape index (κ1) is 22.3. The first-order chi connectivity index (χ1) is 16.0. The fourth-order valence-corrected chi connectivity index (χ4v) is 5.83. The molecule has 5 rings (SSSR count). The molecule has 6 heteroatoms. The molecule has 2 aromatic carbocycles. The molecule has 176 valence electrons. The Balaban J connectivity index is 1.16. The maximum absolute atomic E-state index is 10.4. The molecule has 0 saturated carbocycles. The van der Waals surface area contributed by atoms with Crippen molar-refractivity contribution in [3.05, 3.63) is 58.8 Å². The average Bonchev–Trinajstić information content (AvgIpc) is 3.16. The summed E-state index contributed by atoms with van der Waals surface area (Å²) in [6.07, 6.45) is 4.88. The summed E-state index contributed by atoms with van der Waals surface area (Å²) in [6.45, 7) is 5.81. The Kier molecular flexibility index (Phi) is 6.32. The number of aryl methyl sites for hydroxylation is 2. The number of ether oxygens (including phenoxy) is 1. The second-order valence-electron chi connectivity index (χ2n) is 9.66. The van der Waals surface area contributed by atoms with Crippen LogP contribution in [0.15, 0.2) is 36.4 Å². The number of para-hydroxylation sites is 1. The minimum absolute atomic E-state index is 0.00994. The van der Waals surface area contributed by atoms with E-state index in [4.69, 9.17) is 10.5 Å². The number of nitrogens with zero attached hydrogens (tertiary/aromatic N) is 1. The first-order valence-corrected chi connectivity index (χ1v) is 12.2. The number of nitrogens with one attached hydrogen (secondary N) is 1. The number of likely N-dealkylation sites (tertiary alicyclic amines) is 1. The van der Waals surface area contributed by atoms with Crippen LogP contribution in [0.4, 0.5) is 0 Å². The SMILES string of the molecule is Cc1[nH]c2ccccc2c1CCCN1CCC(C2Cc3c(ccc(O)c3O)C(CN)O2)CC1. The van der Waals surface area contributed by atoms with Crippen LogP contribution in [0.1, 0.15) is 47.8 Å². The van der Waals surface area contributed by atoms with Gasteiger partial charge in [0.15, 0.2) is 11.5 Å². The van der Waals surface area contributed by atoms with Crippen molar-refractivity contribution in [1.82, 2.24) is 9.88 Å². The zero-order valence-electron chi connectivity index (χ0n) is 19.4. The quantitative estimate of drug-likeness (QED) is 0.424. The van der Waals surface area contributed by atoms with Crippen LogP contribution in [-0.4, -0.2) is 52.4 Å². The Hall–Kier alpha value is -2.54. The first-order valence-electron chi connectivity index (χ1n) is 12.2.